The molecule has 0 radical (unpaired) electrons. The highest BCUT2D eigenvalue weighted by Crippen LogP contribution is 2.33. The molecule has 1 unspecified atom stereocenters. The number of aliphatic imine (C=N–C) groups is 3. The Bertz CT molecular complexity index is 885. The van der Waals surface area contributed by atoms with Gasteiger partial charge in [-0.15, -0.1) is 0 Å². The molecule has 134 valence electrons. The molecular weight excluding hydrogens is 334 g/mol. The fourth-order valence-electron chi connectivity index (χ4n) is 2.86. The summed E-state index contributed by atoms with van der Waals surface area (Å²) in [7, 11) is 0. The van der Waals surface area contributed by atoms with Crippen molar-refractivity contribution in [3.8, 4) is 0 Å². The Kier molecular flexibility index (Phi) is 3.73. The highest BCUT2D eigenvalue weighted by molar-refractivity contribution is 6.11. The lowest BCUT2D eigenvalue weighted by Crippen LogP contribution is -2.54. The van der Waals surface area contributed by atoms with Crippen molar-refractivity contribution in [2.45, 2.75) is 12.1 Å². The second-order valence-electron chi connectivity index (χ2n) is 5.94. The Hall–Kier alpha value is -3.53. The number of nitrogen functional groups attached to an aromatic ring is 1. The number of nitrogens with zero attached hydrogens (tertiary/aromatic N) is 4. The first kappa shape index (κ1) is 16.0. The van der Waals surface area contributed by atoms with Gasteiger partial charge < -0.3 is 26.9 Å². The second-order valence-corrected chi connectivity index (χ2v) is 5.94. The summed E-state index contributed by atoms with van der Waals surface area (Å²) < 4.78 is 5.61. The van der Waals surface area contributed by atoms with Crippen molar-refractivity contribution in [2.24, 2.45) is 26.4 Å². The zero-order chi connectivity index (χ0) is 18.1. The van der Waals surface area contributed by atoms with E-state index in [-0.39, 0.29) is 11.9 Å². The van der Waals surface area contributed by atoms with Gasteiger partial charge in [-0.1, -0.05) is 0 Å². The van der Waals surface area contributed by atoms with Crippen LogP contribution in [0.2, 0.25) is 0 Å². The summed E-state index contributed by atoms with van der Waals surface area (Å²) >= 11 is 0. The summed E-state index contributed by atoms with van der Waals surface area (Å²) in [6.07, 6.45) is 2.16. The van der Waals surface area contributed by atoms with Gasteiger partial charge in [-0.2, -0.15) is 15.4 Å². The quantitative estimate of drug-likeness (QED) is 0.485. The van der Waals surface area contributed by atoms with E-state index >= 15 is 0 Å². The number of hydrogen-bond acceptors (Lipinski definition) is 10. The van der Waals surface area contributed by atoms with Crippen LogP contribution in [-0.4, -0.2) is 29.4 Å². The number of hydrazine groups is 1. The predicted molar refractivity (Wildman–Crippen MR) is 100 cm³/mol. The fraction of sp³-hybridized carbons (Fsp3) is 0.188. The van der Waals surface area contributed by atoms with Gasteiger partial charge in [0.05, 0.1) is 6.26 Å². The predicted octanol–water partition coefficient (Wildman–Crippen LogP) is 0.336. The third kappa shape index (κ3) is 2.82. The summed E-state index contributed by atoms with van der Waals surface area (Å²) in [5, 5.41) is 4.84. The normalized spacial score (nSPS) is 21.7. The van der Waals surface area contributed by atoms with E-state index in [1.165, 1.54) is 5.01 Å². The smallest absolute Gasteiger partial charge is 0.248 e. The molecule has 3 heterocycles. The first-order valence-electron chi connectivity index (χ1n) is 8.05. The maximum absolute atomic E-state index is 5.93. The van der Waals surface area contributed by atoms with Crippen LogP contribution in [0.3, 0.4) is 0 Å². The number of fused-ring (bicyclic) bond motifs is 1. The summed E-state index contributed by atoms with van der Waals surface area (Å²) in [4.78, 5) is 12.8. The first-order chi connectivity index (χ1) is 12.6. The molecule has 0 bridgehead atoms. The number of benzene rings is 1. The van der Waals surface area contributed by atoms with Crippen LogP contribution in [0.5, 0.6) is 0 Å². The zero-order valence-corrected chi connectivity index (χ0v) is 13.9. The highest BCUT2D eigenvalue weighted by Gasteiger charge is 2.45. The van der Waals surface area contributed by atoms with Gasteiger partial charge >= 0.3 is 0 Å². The first-order valence-corrected chi connectivity index (χ1v) is 8.05. The molecule has 0 fully saturated rings. The average Bonchev–Trinajstić information content (AvgIpc) is 3.25. The van der Waals surface area contributed by atoms with E-state index in [1.54, 1.807) is 12.3 Å². The minimum atomic E-state index is -0.867. The molecule has 1 atom stereocenters. The minimum Gasteiger partial charge on any atom is -0.465 e. The van der Waals surface area contributed by atoms with Crippen molar-refractivity contribution in [1.82, 2.24) is 10.4 Å². The molecule has 2 aliphatic heterocycles. The fourth-order valence-corrected chi connectivity index (χ4v) is 2.86. The molecule has 0 aliphatic carbocycles. The highest BCUT2D eigenvalue weighted by atomic mass is 16.3. The maximum atomic E-state index is 5.93. The van der Waals surface area contributed by atoms with E-state index < -0.39 is 5.66 Å². The molecule has 0 saturated heterocycles. The lowest BCUT2D eigenvalue weighted by Gasteiger charge is -2.27. The molecular formula is C16H19N9O. The number of guanidine groups is 3. The number of rotatable bonds is 5. The molecule has 0 saturated carbocycles. The number of furan rings is 1. The van der Waals surface area contributed by atoms with Gasteiger partial charge in [-0.3, -0.25) is 0 Å². The Morgan fingerprint density at radius 2 is 1.92 bits per heavy atom. The molecule has 0 spiro atoms. The molecule has 26 heavy (non-hydrogen) atoms. The second kappa shape index (κ2) is 6.08. The van der Waals surface area contributed by atoms with Crippen LogP contribution in [-0.2, 0) is 5.66 Å². The number of nitrogens with two attached hydrogens (primary N) is 3. The lowest BCUT2D eigenvalue weighted by molar-refractivity contribution is 0.226. The van der Waals surface area contributed by atoms with Crippen LogP contribution in [0.15, 0.2) is 62.1 Å². The minimum absolute atomic E-state index is 0.0644. The topological polar surface area (TPSA) is 156 Å². The molecule has 10 nitrogen and oxygen atoms in total. The Balaban J connectivity index is 1.57. The Morgan fingerprint density at radius 1 is 1.12 bits per heavy atom. The van der Waals surface area contributed by atoms with Gasteiger partial charge in [-0.05, 0) is 36.4 Å². The third-order valence-corrected chi connectivity index (χ3v) is 4.12. The lowest BCUT2D eigenvalue weighted by atomic mass is 10.0. The molecule has 8 N–H and O–H groups in total. The van der Waals surface area contributed by atoms with Crippen LogP contribution in [0, 0.1) is 0 Å². The van der Waals surface area contributed by atoms with Gasteiger partial charge in [0.25, 0.3) is 0 Å². The van der Waals surface area contributed by atoms with Gasteiger partial charge in [0, 0.05) is 24.3 Å². The van der Waals surface area contributed by atoms with Crippen molar-refractivity contribution < 1.29 is 4.42 Å². The van der Waals surface area contributed by atoms with Crippen molar-refractivity contribution >= 4 is 29.3 Å². The van der Waals surface area contributed by atoms with Crippen molar-refractivity contribution in [3.05, 3.63) is 48.4 Å². The van der Waals surface area contributed by atoms with E-state index in [0.29, 0.717) is 30.4 Å². The zero-order valence-electron chi connectivity index (χ0n) is 13.9. The summed E-state index contributed by atoms with van der Waals surface area (Å²) in [5.74, 6) is 1.23. The third-order valence-electron chi connectivity index (χ3n) is 4.12. The van der Waals surface area contributed by atoms with Crippen molar-refractivity contribution in [1.29, 1.82) is 0 Å². The van der Waals surface area contributed by atoms with Crippen molar-refractivity contribution in [3.63, 3.8) is 0 Å². The van der Waals surface area contributed by atoms with Crippen LogP contribution >= 0.6 is 0 Å². The maximum Gasteiger partial charge on any atom is 0.248 e. The van der Waals surface area contributed by atoms with Crippen LogP contribution < -0.4 is 27.9 Å². The van der Waals surface area contributed by atoms with Gasteiger partial charge in [-0.25, -0.2) is 10.0 Å². The van der Waals surface area contributed by atoms with E-state index in [1.807, 2.05) is 30.3 Å². The summed E-state index contributed by atoms with van der Waals surface area (Å²) in [6.45, 7) is 0.610. The molecule has 2 aromatic rings. The largest absolute Gasteiger partial charge is 0.465 e. The Morgan fingerprint density at radius 3 is 2.65 bits per heavy atom. The van der Waals surface area contributed by atoms with Crippen LogP contribution in [0.4, 0.5) is 11.4 Å². The number of nitrogens with one attached hydrogen (secondary N) is 2. The van der Waals surface area contributed by atoms with Gasteiger partial charge in [0.1, 0.15) is 5.76 Å². The van der Waals surface area contributed by atoms with Crippen LogP contribution in [0.1, 0.15) is 12.2 Å². The molecule has 1 aromatic heterocycles. The van der Waals surface area contributed by atoms with Crippen LogP contribution in [0.25, 0.3) is 0 Å². The van der Waals surface area contributed by atoms with Gasteiger partial charge in [0.2, 0.25) is 17.9 Å². The standard InChI is InChI=1S/C16H19N9O/c17-10-3-5-11(6-4-10)20-8-7-16(12-2-1-9-26-12)23-15-22-13(18)21-14(19)25(15)24-16/h1-6,9,20,24H,7-8,17H2,(H4,18,19,21,22,23). The van der Waals surface area contributed by atoms with Gasteiger partial charge in [0.15, 0.2) is 5.66 Å². The van der Waals surface area contributed by atoms with Crippen molar-refractivity contribution in [2.75, 3.05) is 17.6 Å². The molecule has 1 aromatic carbocycles. The SMILES string of the molecule is NC1=NC2=NC(CCNc3ccc(N)cc3)(c3ccco3)NN2C(N)=N1. The summed E-state index contributed by atoms with van der Waals surface area (Å²) in [5.41, 5.74) is 21.4. The molecule has 2 aliphatic rings. The average molecular weight is 353 g/mol. The summed E-state index contributed by atoms with van der Waals surface area (Å²) in [6, 6.07) is 11.2. The Labute approximate surface area is 149 Å². The van der Waals surface area contributed by atoms with E-state index in [0.717, 1.165) is 5.69 Å². The van der Waals surface area contributed by atoms with E-state index in [4.69, 9.17) is 21.6 Å². The van der Waals surface area contributed by atoms with E-state index in [9.17, 15) is 0 Å². The monoisotopic (exact) mass is 353 g/mol. The molecule has 10 heteroatoms. The number of hydrogen-bond donors (Lipinski definition) is 5. The van der Waals surface area contributed by atoms with E-state index in [2.05, 4.69) is 25.7 Å². The molecule has 4 rings (SSSR count). The molecule has 0 amide bonds. The number of anilines is 2.